The number of anilines is 2. The molecule has 0 spiro atoms. The number of benzene rings is 2. The molecule has 0 radical (unpaired) electrons. The molecule has 3 rings (SSSR count). The Morgan fingerprint density at radius 2 is 1.79 bits per heavy atom. The van der Waals surface area contributed by atoms with Crippen molar-refractivity contribution in [2.24, 2.45) is 0 Å². The fraction of sp³-hybridized carbons (Fsp3) is 0.217. The van der Waals surface area contributed by atoms with E-state index < -0.39 is 0 Å². The van der Waals surface area contributed by atoms with Gasteiger partial charge in [0.1, 0.15) is 0 Å². The highest BCUT2D eigenvalue weighted by Gasteiger charge is 2.11. The number of nitrogens with zero attached hydrogens (tertiary/aromatic N) is 2. The quantitative estimate of drug-likeness (QED) is 0.574. The third-order valence-corrected chi connectivity index (χ3v) is 5.07. The van der Waals surface area contributed by atoms with Gasteiger partial charge in [-0.15, -0.1) is 0 Å². The molecular formula is C23H24ClN3O. The SMILES string of the molecule is CCN(CC)c1ccc(NC(=O)c2ccc(-c3ncccc3Cl)cc2)c(C)c1. The Labute approximate surface area is 171 Å². The van der Waals surface area contributed by atoms with Crippen LogP contribution in [0.3, 0.4) is 0 Å². The highest BCUT2D eigenvalue weighted by atomic mass is 35.5. The molecule has 0 atom stereocenters. The molecule has 0 fully saturated rings. The number of rotatable bonds is 6. The third kappa shape index (κ3) is 4.34. The maximum atomic E-state index is 12.6. The zero-order valence-corrected chi connectivity index (χ0v) is 17.1. The second-order valence-electron chi connectivity index (χ2n) is 6.54. The number of halogens is 1. The topological polar surface area (TPSA) is 45.2 Å². The first-order valence-corrected chi connectivity index (χ1v) is 9.79. The average Bonchev–Trinajstić information content (AvgIpc) is 2.71. The Kier molecular flexibility index (Phi) is 6.32. The Hall–Kier alpha value is -2.85. The summed E-state index contributed by atoms with van der Waals surface area (Å²) in [4.78, 5) is 19.2. The zero-order valence-electron chi connectivity index (χ0n) is 16.4. The van der Waals surface area contributed by atoms with Gasteiger partial charge in [0.15, 0.2) is 0 Å². The molecule has 1 heterocycles. The van der Waals surface area contributed by atoms with Crippen LogP contribution in [0.25, 0.3) is 11.3 Å². The van der Waals surface area contributed by atoms with Crippen LogP contribution in [0.4, 0.5) is 11.4 Å². The van der Waals surface area contributed by atoms with E-state index in [9.17, 15) is 4.79 Å². The minimum absolute atomic E-state index is 0.141. The van der Waals surface area contributed by atoms with Crippen LogP contribution in [-0.2, 0) is 0 Å². The summed E-state index contributed by atoms with van der Waals surface area (Å²) >= 11 is 6.20. The van der Waals surface area contributed by atoms with Crippen LogP contribution in [0.1, 0.15) is 29.8 Å². The van der Waals surface area contributed by atoms with Crippen LogP contribution in [0.15, 0.2) is 60.8 Å². The van der Waals surface area contributed by atoms with Crippen molar-refractivity contribution in [2.75, 3.05) is 23.3 Å². The zero-order chi connectivity index (χ0) is 20.1. The van der Waals surface area contributed by atoms with Gasteiger partial charge in [-0.2, -0.15) is 0 Å². The van der Waals surface area contributed by atoms with Crippen LogP contribution >= 0.6 is 11.6 Å². The van der Waals surface area contributed by atoms with Gasteiger partial charge in [-0.1, -0.05) is 23.7 Å². The second-order valence-corrected chi connectivity index (χ2v) is 6.94. The fourth-order valence-electron chi connectivity index (χ4n) is 3.15. The summed E-state index contributed by atoms with van der Waals surface area (Å²) in [5.74, 6) is -0.141. The van der Waals surface area contributed by atoms with Gasteiger partial charge >= 0.3 is 0 Å². The number of hydrogen-bond donors (Lipinski definition) is 1. The molecule has 1 aromatic heterocycles. The highest BCUT2D eigenvalue weighted by molar-refractivity contribution is 6.33. The lowest BCUT2D eigenvalue weighted by molar-refractivity contribution is 0.102. The van der Waals surface area contributed by atoms with Crippen LogP contribution in [0.5, 0.6) is 0 Å². The molecule has 1 N–H and O–H groups in total. The number of aromatic nitrogens is 1. The van der Waals surface area contributed by atoms with E-state index in [0.29, 0.717) is 16.3 Å². The molecule has 0 aliphatic rings. The number of amides is 1. The fourth-order valence-corrected chi connectivity index (χ4v) is 3.38. The molecule has 0 bridgehead atoms. The molecule has 4 nitrogen and oxygen atoms in total. The van der Waals surface area contributed by atoms with Crippen molar-refractivity contribution in [2.45, 2.75) is 20.8 Å². The largest absolute Gasteiger partial charge is 0.372 e. The van der Waals surface area contributed by atoms with E-state index in [0.717, 1.165) is 35.6 Å². The Balaban J connectivity index is 1.75. The van der Waals surface area contributed by atoms with Crippen molar-refractivity contribution in [1.29, 1.82) is 0 Å². The maximum Gasteiger partial charge on any atom is 0.255 e. The van der Waals surface area contributed by atoms with Gasteiger partial charge in [0, 0.05) is 41.8 Å². The predicted octanol–water partition coefficient (Wildman–Crippen LogP) is 5.81. The van der Waals surface area contributed by atoms with Crippen molar-refractivity contribution in [3.63, 3.8) is 0 Å². The van der Waals surface area contributed by atoms with Crippen molar-refractivity contribution >= 4 is 28.9 Å². The molecule has 0 aliphatic heterocycles. The number of aryl methyl sites for hydroxylation is 1. The molecule has 0 saturated heterocycles. The summed E-state index contributed by atoms with van der Waals surface area (Å²) < 4.78 is 0. The number of nitrogens with one attached hydrogen (secondary N) is 1. The Morgan fingerprint density at radius 1 is 1.07 bits per heavy atom. The third-order valence-electron chi connectivity index (χ3n) is 4.77. The van der Waals surface area contributed by atoms with E-state index in [-0.39, 0.29) is 5.91 Å². The van der Waals surface area contributed by atoms with Gasteiger partial charge in [-0.05, 0) is 68.8 Å². The normalized spacial score (nSPS) is 10.6. The monoisotopic (exact) mass is 393 g/mol. The van der Waals surface area contributed by atoms with Crippen LogP contribution in [-0.4, -0.2) is 24.0 Å². The first kappa shape index (κ1) is 19.9. The molecule has 0 unspecified atom stereocenters. The van der Waals surface area contributed by atoms with E-state index >= 15 is 0 Å². The van der Waals surface area contributed by atoms with Crippen molar-refractivity contribution in [1.82, 2.24) is 4.98 Å². The number of pyridine rings is 1. The molecule has 144 valence electrons. The molecule has 0 saturated carbocycles. The van der Waals surface area contributed by atoms with Gasteiger partial charge in [0.05, 0.1) is 10.7 Å². The molecule has 1 amide bonds. The molecule has 0 aliphatic carbocycles. The van der Waals surface area contributed by atoms with E-state index in [1.807, 2.05) is 31.2 Å². The average molecular weight is 394 g/mol. The maximum absolute atomic E-state index is 12.6. The minimum Gasteiger partial charge on any atom is -0.372 e. The van der Waals surface area contributed by atoms with Gasteiger partial charge < -0.3 is 10.2 Å². The van der Waals surface area contributed by atoms with Crippen LogP contribution in [0.2, 0.25) is 5.02 Å². The lowest BCUT2D eigenvalue weighted by Crippen LogP contribution is -2.22. The van der Waals surface area contributed by atoms with Crippen LogP contribution in [0, 0.1) is 6.92 Å². The number of carbonyl (C=O) groups excluding carboxylic acids is 1. The number of carbonyl (C=O) groups is 1. The van der Waals surface area contributed by atoms with E-state index in [4.69, 9.17) is 11.6 Å². The van der Waals surface area contributed by atoms with E-state index in [1.165, 1.54) is 0 Å². The summed E-state index contributed by atoms with van der Waals surface area (Å²) in [6.45, 7) is 8.18. The Bertz CT molecular complexity index is 966. The minimum atomic E-state index is -0.141. The number of hydrogen-bond acceptors (Lipinski definition) is 3. The smallest absolute Gasteiger partial charge is 0.255 e. The lowest BCUT2D eigenvalue weighted by Gasteiger charge is -2.22. The second kappa shape index (κ2) is 8.89. The van der Waals surface area contributed by atoms with Crippen molar-refractivity contribution in [3.05, 3.63) is 76.9 Å². The van der Waals surface area contributed by atoms with Gasteiger partial charge in [-0.25, -0.2) is 0 Å². The first-order valence-electron chi connectivity index (χ1n) is 9.41. The Morgan fingerprint density at radius 3 is 2.39 bits per heavy atom. The van der Waals surface area contributed by atoms with Crippen molar-refractivity contribution < 1.29 is 4.79 Å². The summed E-state index contributed by atoms with van der Waals surface area (Å²) in [7, 11) is 0. The summed E-state index contributed by atoms with van der Waals surface area (Å²) in [6, 6.07) is 17.0. The van der Waals surface area contributed by atoms with Gasteiger partial charge in [0.25, 0.3) is 5.91 Å². The first-order chi connectivity index (χ1) is 13.5. The van der Waals surface area contributed by atoms with Crippen LogP contribution < -0.4 is 10.2 Å². The molecule has 3 aromatic rings. The standard InChI is InChI=1S/C23H24ClN3O/c1-4-27(5-2)19-12-13-21(16(3)15-19)26-23(28)18-10-8-17(9-11-18)22-20(24)7-6-14-25-22/h6-15H,4-5H2,1-3H3,(H,26,28). The highest BCUT2D eigenvalue weighted by Crippen LogP contribution is 2.26. The molecule has 2 aromatic carbocycles. The van der Waals surface area contributed by atoms with Crippen molar-refractivity contribution in [3.8, 4) is 11.3 Å². The summed E-state index contributed by atoms with van der Waals surface area (Å²) in [5.41, 5.74) is 5.19. The molecule has 28 heavy (non-hydrogen) atoms. The van der Waals surface area contributed by atoms with Gasteiger partial charge in [-0.3, -0.25) is 9.78 Å². The predicted molar refractivity (Wildman–Crippen MR) is 117 cm³/mol. The van der Waals surface area contributed by atoms with E-state index in [1.54, 1.807) is 30.5 Å². The molecular weight excluding hydrogens is 370 g/mol. The summed E-state index contributed by atoms with van der Waals surface area (Å²) in [5, 5.41) is 3.59. The molecule has 5 heteroatoms. The van der Waals surface area contributed by atoms with E-state index in [2.05, 4.69) is 35.1 Å². The lowest BCUT2D eigenvalue weighted by atomic mass is 10.1. The summed E-state index contributed by atoms with van der Waals surface area (Å²) in [6.07, 6.45) is 1.70. The van der Waals surface area contributed by atoms with Gasteiger partial charge in [0.2, 0.25) is 0 Å².